The first-order chi connectivity index (χ1) is 9.49. The highest BCUT2D eigenvalue weighted by atomic mass is 19.2. The third kappa shape index (κ3) is 1.79. The molecule has 2 aromatic carbocycles. The van der Waals surface area contributed by atoms with Gasteiger partial charge in [0.15, 0.2) is 29.0 Å². The van der Waals surface area contributed by atoms with E-state index >= 15 is 0 Å². The van der Waals surface area contributed by atoms with Crippen molar-refractivity contribution in [2.45, 2.75) is 0 Å². The molecule has 3 rings (SSSR count). The molecular formula is C12H4BF5O2. The Balaban J connectivity index is 2.06. The Labute approximate surface area is 109 Å². The number of fused-ring (bicyclic) bond motifs is 1. The molecule has 1 aliphatic heterocycles. The highest BCUT2D eigenvalue weighted by Gasteiger charge is 2.42. The fourth-order valence-corrected chi connectivity index (χ4v) is 1.86. The molecule has 20 heavy (non-hydrogen) atoms. The van der Waals surface area contributed by atoms with E-state index in [-0.39, 0.29) is 17.6 Å². The van der Waals surface area contributed by atoms with E-state index in [1.165, 1.54) is 12.1 Å². The van der Waals surface area contributed by atoms with Gasteiger partial charge in [0, 0.05) is 6.07 Å². The van der Waals surface area contributed by atoms with Gasteiger partial charge in [-0.25, -0.2) is 22.0 Å². The number of para-hydroxylation sites is 1. The zero-order chi connectivity index (χ0) is 14.4. The summed E-state index contributed by atoms with van der Waals surface area (Å²) in [7, 11) is -1.73. The molecule has 0 fully saturated rings. The van der Waals surface area contributed by atoms with Gasteiger partial charge in [0.05, 0.1) is 5.46 Å². The molecule has 0 radical (unpaired) electrons. The van der Waals surface area contributed by atoms with Crippen molar-refractivity contribution in [3.05, 3.63) is 53.4 Å². The van der Waals surface area contributed by atoms with Gasteiger partial charge in [-0.2, -0.15) is 0 Å². The standard InChI is InChI=1S/C12H4BF5O2/c14-5-2-1-3-8-12(5)20-13(19-8)9-6(15)4-7(16)10(17)11(9)18/h1-4H. The van der Waals surface area contributed by atoms with E-state index in [0.717, 1.165) is 6.07 Å². The lowest BCUT2D eigenvalue weighted by Gasteiger charge is -2.08. The highest BCUT2D eigenvalue weighted by Crippen LogP contribution is 2.35. The average Bonchev–Trinajstić information content (AvgIpc) is 2.81. The molecule has 0 amide bonds. The lowest BCUT2D eigenvalue weighted by molar-refractivity contribution is 0.432. The molecule has 0 aromatic heterocycles. The van der Waals surface area contributed by atoms with Crippen LogP contribution in [0.3, 0.4) is 0 Å². The first-order valence-corrected chi connectivity index (χ1v) is 5.43. The minimum absolute atomic E-state index is 0.0847. The Hall–Kier alpha value is -2.25. The normalized spacial score (nSPS) is 12.9. The first kappa shape index (κ1) is 12.8. The lowest BCUT2D eigenvalue weighted by atomic mass is 9.78. The van der Waals surface area contributed by atoms with Crippen LogP contribution in [-0.4, -0.2) is 7.12 Å². The Kier molecular flexibility index (Phi) is 2.81. The van der Waals surface area contributed by atoms with E-state index in [4.69, 9.17) is 9.31 Å². The summed E-state index contributed by atoms with van der Waals surface area (Å²) < 4.78 is 76.4. The van der Waals surface area contributed by atoms with Crippen LogP contribution in [0.5, 0.6) is 11.5 Å². The van der Waals surface area contributed by atoms with E-state index in [1.54, 1.807) is 0 Å². The molecule has 102 valence electrons. The van der Waals surface area contributed by atoms with Crippen LogP contribution in [0.2, 0.25) is 0 Å². The number of rotatable bonds is 1. The number of halogens is 5. The molecule has 1 heterocycles. The second-order valence-electron chi connectivity index (χ2n) is 4.02. The summed E-state index contributed by atoms with van der Waals surface area (Å²) in [6, 6.07) is 3.84. The number of hydrogen-bond acceptors (Lipinski definition) is 2. The predicted octanol–water partition coefficient (Wildman–Crippen LogP) is 2.55. The molecule has 8 heteroatoms. The Morgan fingerprint density at radius 1 is 0.800 bits per heavy atom. The molecule has 0 saturated heterocycles. The molecule has 0 saturated carbocycles. The summed E-state index contributed by atoms with van der Waals surface area (Å²) in [5, 5.41) is 0. The smallest absolute Gasteiger partial charge is 0.519 e. The molecular weight excluding hydrogens is 282 g/mol. The third-order valence-corrected chi connectivity index (χ3v) is 2.78. The summed E-state index contributed by atoms with van der Waals surface area (Å²) in [5.74, 6) is -7.93. The van der Waals surface area contributed by atoms with Crippen LogP contribution in [0.15, 0.2) is 24.3 Å². The van der Waals surface area contributed by atoms with Crippen LogP contribution in [0, 0.1) is 29.1 Å². The Morgan fingerprint density at radius 2 is 1.55 bits per heavy atom. The maximum atomic E-state index is 13.6. The molecule has 0 atom stereocenters. The van der Waals surface area contributed by atoms with Gasteiger partial charge in [0.1, 0.15) is 11.6 Å². The molecule has 1 aliphatic rings. The first-order valence-electron chi connectivity index (χ1n) is 5.43. The van der Waals surface area contributed by atoms with E-state index in [2.05, 4.69) is 0 Å². The highest BCUT2D eigenvalue weighted by molar-refractivity contribution is 6.63. The molecule has 0 N–H and O–H groups in total. The zero-order valence-electron chi connectivity index (χ0n) is 9.59. The average molecular weight is 286 g/mol. The van der Waals surface area contributed by atoms with Crippen molar-refractivity contribution in [1.82, 2.24) is 0 Å². The van der Waals surface area contributed by atoms with Gasteiger partial charge >= 0.3 is 7.12 Å². The van der Waals surface area contributed by atoms with Gasteiger partial charge < -0.3 is 9.31 Å². The lowest BCUT2D eigenvalue weighted by Crippen LogP contribution is -2.44. The molecule has 2 nitrogen and oxygen atoms in total. The van der Waals surface area contributed by atoms with Crippen LogP contribution < -0.4 is 14.8 Å². The molecule has 0 unspecified atom stereocenters. The van der Waals surface area contributed by atoms with Crippen LogP contribution in [0.1, 0.15) is 0 Å². The second kappa shape index (κ2) is 4.40. The molecule has 0 bridgehead atoms. The summed E-state index contributed by atoms with van der Waals surface area (Å²) in [5.41, 5.74) is -0.959. The van der Waals surface area contributed by atoms with Gasteiger partial charge in [-0.15, -0.1) is 0 Å². The van der Waals surface area contributed by atoms with Crippen molar-refractivity contribution in [3.8, 4) is 11.5 Å². The van der Waals surface area contributed by atoms with Crippen LogP contribution in [0.25, 0.3) is 0 Å². The molecule has 2 aromatic rings. The van der Waals surface area contributed by atoms with Gasteiger partial charge in [0.25, 0.3) is 0 Å². The largest absolute Gasteiger partial charge is 0.639 e. The van der Waals surface area contributed by atoms with Gasteiger partial charge in [-0.1, -0.05) is 6.07 Å². The van der Waals surface area contributed by atoms with Crippen molar-refractivity contribution >= 4 is 12.6 Å². The Bertz CT molecular complexity index is 707. The number of benzene rings is 2. The maximum absolute atomic E-state index is 13.6. The fraction of sp³-hybridized carbons (Fsp3) is 0. The minimum Gasteiger partial charge on any atom is -0.519 e. The van der Waals surface area contributed by atoms with Crippen molar-refractivity contribution in [2.75, 3.05) is 0 Å². The van der Waals surface area contributed by atoms with E-state index < -0.39 is 41.7 Å². The van der Waals surface area contributed by atoms with Crippen molar-refractivity contribution < 1.29 is 31.3 Å². The summed E-state index contributed by atoms with van der Waals surface area (Å²) in [6.45, 7) is 0. The topological polar surface area (TPSA) is 18.5 Å². The summed E-state index contributed by atoms with van der Waals surface area (Å²) in [6.07, 6.45) is 0. The second-order valence-corrected chi connectivity index (χ2v) is 4.02. The van der Waals surface area contributed by atoms with Gasteiger partial charge in [-0.3, -0.25) is 0 Å². The van der Waals surface area contributed by atoms with Gasteiger partial charge in [0.2, 0.25) is 0 Å². The van der Waals surface area contributed by atoms with E-state index in [9.17, 15) is 22.0 Å². The number of hydrogen-bond donors (Lipinski definition) is 0. The van der Waals surface area contributed by atoms with Crippen molar-refractivity contribution in [2.24, 2.45) is 0 Å². The SMILES string of the molecule is Fc1cc(F)c(B2Oc3cccc(F)c3O2)c(F)c1F. The molecule has 0 aliphatic carbocycles. The van der Waals surface area contributed by atoms with E-state index in [1.807, 2.05) is 0 Å². The molecule has 0 spiro atoms. The van der Waals surface area contributed by atoms with E-state index in [0.29, 0.717) is 0 Å². The zero-order valence-corrected chi connectivity index (χ0v) is 9.59. The van der Waals surface area contributed by atoms with Crippen LogP contribution in [-0.2, 0) is 0 Å². The fourth-order valence-electron chi connectivity index (χ4n) is 1.86. The Morgan fingerprint density at radius 3 is 2.25 bits per heavy atom. The quantitative estimate of drug-likeness (QED) is 0.347. The van der Waals surface area contributed by atoms with Gasteiger partial charge in [-0.05, 0) is 12.1 Å². The van der Waals surface area contributed by atoms with Crippen molar-refractivity contribution in [3.63, 3.8) is 0 Å². The summed E-state index contributed by atoms with van der Waals surface area (Å²) >= 11 is 0. The third-order valence-electron chi connectivity index (χ3n) is 2.78. The van der Waals surface area contributed by atoms with Crippen molar-refractivity contribution in [1.29, 1.82) is 0 Å². The monoisotopic (exact) mass is 286 g/mol. The maximum Gasteiger partial charge on any atom is 0.639 e. The predicted molar refractivity (Wildman–Crippen MR) is 59.3 cm³/mol. The summed E-state index contributed by atoms with van der Waals surface area (Å²) in [4.78, 5) is 0. The van der Waals surface area contributed by atoms with Crippen LogP contribution in [0.4, 0.5) is 22.0 Å². The van der Waals surface area contributed by atoms with Crippen LogP contribution >= 0.6 is 0 Å². The minimum atomic E-state index is -1.86.